The van der Waals surface area contributed by atoms with Crippen LogP contribution in [0.15, 0.2) is 24.3 Å². The fraction of sp³-hybridized carbons (Fsp3) is 0.462. The van der Waals surface area contributed by atoms with Crippen molar-refractivity contribution in [1.82, 2.24) is 9.80 Å². The van der Waals surface area contributed by atoms with Crippen LogP contribution in [0.25, 0.3) is 0 Å². The molecule has 0 bridgehead atoms. The summed E-state index contributed by atoms with van der Waals surface area (Å²) in [5, 5.41) is 10.6. The molecule has 1 saturated heterocycles. The monoisotopic (exact) mass is 297 g/mol. The van der Waals surface area contributed by atoms with Gasteiger partial charge in [0.1, 0.15) is 0 Å². The summed E-state index contributed by atoms with van der Waals surface area (Å²) in [7, 11) is 0. The Bertz CT molecular complexity index is 484. The lowest BCUT2D eigenvalue weighted by molar-refractivity contribution is -0.384. The lowest BCUT2D eigenvalue weighted by Crippen LogP contribution is -2.49. The van der Waals surface area contributed by atoms with Crippen LogP contribution in [0.2, 0.25) is 0 Å². The third kappa shape index (κ3) is 3.46. The first-order valence-electron chi connectivity index (χ1n) is 6.44. The lowest BCUT2D eigenvalue weighted by atomic mass is 10.1. The molecule has 1 aliphatic heterocycles. The van der Waals surface area contributed by atoms with E-state index in [-0.39, 0.29) is 11.6 Å². The third-order valence-corrected chi connectivity index (χ3v) is 3.55. The zero-order chi connectivity index (χ0) is 14.5. The Balaban J connectivity index is 1.96. The van der Waals surface area contributed by atoms with E-state index < -0.39 is 4.92 Å². The Kier molecular flexibility index (Phi) is 4.92. The number of alkyl halides is 1. The molecule has 0 aliphatic carbocycles. The number of benzene rings is 1. The lowest BCUT2D eigenvalue weighted by Gasteiger charge is -2.34. The van der Waals surface area contributed by atoms with Gasteiger partial charge in [-0.1, -0.05) is 0 Å². The summed E-state index contributed by atoms with van der Waals surface area (Å²) in [6.45, 7) is 3.78. The van der Waals surface area contributed by atoms with Crippen molar-refractivity contribution in [3.63, 3.8) is 0 Å². The van der Waals surface area contributed by atoms with Crippen molar-refractivity contribution in [2.75, 3.05) is 38.6 Å². The Morgan fingerprint density at radius 1 is 1.20 bits per heavy atom. The molecule has 0 spiro atoms. The molecule has 1 aliphatic rings. The molecule has 0 N–H and O–H groups in total. The Morgan fingerprint density at radius 3 is 2.30 bits per heavy atom. The minimum Gasteiger partial charge on any atom is -0.336 e. The molecular formula is C13H16ClN3O3. The number of nitro groups is 1. The zero-order valence-corrected chi connectivity index (χ0v) is 11.8. The van der Waals surface area contributed by atoms with E-state index in [2.05, 4.69) is 4.90 Å². The van der Waals surface area contributed by atoms with Gasteiger partial charge in [0.05, 0.1) is 4.92 Å². The Hall–Kier alpha value is -1.66. The summed E-state index contributed by atoms with van der Waals surface area (Å²) < 4.78 is 0. The number of hydrogen-bond acceptors (Lipinski definition) is 4. The van der Waals surface area contributed by atoms with Gasteiger partial charge < -0.3 is 4.90 Å². The van der Waals surface area contributed by atoms with Gasteiger partial charge in [-0.25, -0.2) is 0 Å². The first-order valence-corrected chi connectivity index (χ1v) is 6.97. The predicted molar refractivity (Wildman–Crippen MR) is 76.2 cm³/mol. The number of rotatable bonds is 4. The van der Waals surface area contributed by atoms with Crippen molar-refractivity contribution in [1.29, 1.82) is 0 Å². The molecule has 0 atom stereocenters. The average molecular weight is 298 g/mol. The molecule has 1 amide bonds. The largest absolute Gasteiger partial charge is 0.336 e. The minimum absolute atomic E-state index is 0.00604. The van der Waals surface area contributed by atoms with Crippen molar-refractivity contribution in [3.05, 3.63) is 39.9 Å². The van der Waals surface area contributed by atoms with Crippen LogP contribution in [0.1, 0.15) is 10.4 Å². The van der Waals surface area contributed by atoms with E-state index in [0.29, 0.717) is 24.5 Å². The fourth-order valence-corrected chi connectivity index (χ4v) is 2.44. The molecule has 0 saturated carbocycles. The van der Waals surface area contributed by atoms with E-state index in [4.69, 9.17) is 11.6 Å². The van der Waals surface area contributed by atoms with Gasteiger partial charge >= 0.3 is 0 Å². The second-order valence-corrected chi connectivity index (χ2v) is 5.00. The topological polar surface area (TPSA) is 66.7 Å². The molecule has 1 aromatic carbocycles. The maximum Gasteiger partial charge on any atom is 0.269 e. The third-order valence-electron chi connectivity index (χ3n) is 3.39. The first-order chi connectivity index (χ1) is 9.61. The Morgan fingerprint density at radius 2 is 1.80 bits per heavy atom. The van der Waals surface area contributed by atoms with Gasteiger partial charge in [-0.2, -0.15) is 0 Å². The number of piperazine rings is 1. The smallest absolute Gasteiger partial charge is 0.269 e. The number of hydrogen-bond donors (Lipinski definition) is 0. The molecule has 7 heteroatoms. The van der Waals surface area contributed by atoms with Crippen LogP contribution in [-0.2, 0) is 0 Å². The second kappa shape index (κ2) is 6.67. The number of nitro benzene ring substituents is 1. The zero-order valence-electron chi connectivity index (χ0n) is 11.0. The molecule has 108 valence electrons. The second-order valence-electron chi connectivity index (χ2n) is 4.63. The SMILES string of the molecule is O=C(c1ccc([N+](=O)[O-])cc1)N1CCN(CCCl)CC1. The summed E-state index contributed by atoms with van der Waals surface area (Å²) in [5.41, 5.74) is 0.481. The van der Waals surface area contributed by atoms with E-state index in [9.17, 15) is 14.9 Å². The highest BCUT2D eigenvalue weighted by atomic mass is 35.5. The number of non-ortho nitro benzene ring substituents is 1. The first kappa shape index (κ1) is 14.7. The van der Waals surface area contributed by atoms with Gasteiger partial charge in [-0.15, -0.1) is 11.6 Å². The van der Waals surface area contributed by atoms with Crippen LogP contribution in [0.5, 0.6) is 0 Å². The number of carbonyl (C=O) groups is 1. The van der Waals surface area contributed by atoms with Gasteiger partial charge in [-0.05, 0) is 12.1 Å². The maximum absolute atomic E-state index is 12.3. The van der Waals surface area contributed by atoms with Crippen LogP contribution in [0.4, 0.5) is 5.69 Å². The highest BCUT2D eigenvalue weighted by Gasteiger charge is 2.22. The molecule has 1 heterocycles. The molecule has 20 heavy (non-hydrogen) atoms. The molecule has 0 unspecified atom stereocenters. The van der Waals surface area contributed by atoms with E-state index in [1.54, 1.807) is 4.90 Å². The van der Waals surface area contributed by atoms with Crippen LogP contribution < -0.4 is 0 Å². The molecule has 1 aromatic rings. The summed E-state index contributed by atoms with van der Waals surface area (Å²) in [5.74, 6) is 0.515. The van der Waals surface area contributed by atoms with Crippen molar-refractivity contribution in [3.8, 4) is 0 Å². The number of carbonyl (C=O) groups excluding carboxylic acids is 1. The van der Waals surface area contributed by atoms with Crippen LogP contribution in [0.3, 0.4) is 0 Å². The standard InChI is InChI=1S/C13H16ClN3O3/c14-5-6-15-7-9-16(10-8-15)13(18)11-1-3-12(4-2-11)17(19)20/h1-4H,5-10H2. The van der Waals surface area contributed by atoms with E-state index >= 15 is 0 Å². The summed E-state index contributed by atoms with van der Waals surface area (Å²) >= 11 is 5.69. The summed E-state index contributed by atoms with van der Waals surface area (Å²) in [6.07, 6.45) is 0. The summed E-state index contributed by atoms with van der Waals surface area (Å²) in [4.78, 5) is 26.3. The molecule has 6 nitrogen and oxygen atoms in total. The van der Waals surface area contributed by atoms with Crippen molar-refractivity contribution in [2.45, 2.75) is 0 Å². The Labute approximate surface area is 122 Å². The van der Waals surface area contributed by atoms with Crippen LogP contribution >= 0.6 is 11.6 Å². The molecule has 0 aromatic heterocycles. The van der Waals surface area contributed by atoms with Crippen molar-refractivity contribution >= 4 is 23.2 Å². The van der Waals surface area contributed by atoms with Gasteiger partial charge in [0.15, 0.2) is 0 Å². The van der Waals surface area contributed by atoms with E-state index in [0.717, 1.165) is 19.6 Å². The van der Waals surface area contributed by atoms with E-state index in [1.165, 1.54) is 24.3 Å². The number of halogens is 1. The molecular weight excluding hydrogens is 282 g/mol. The number of nitrogens with zero attached hydrogens (tertiary/aromatic N) is 3. The highest BCUT2D eigenvalue weighted by Crippen LogP contribution is 2.14. The molecule has 2 rings (SSSR count). The average Bonchev–Trinajstić information content (AvgIpc) is 2.48. The van der Waals surface area contributed by atoms with Gasteiger partial charge in [-0.3, -0.25) is 19.8 Å². The fourth-order valence-electron chi connectivity index (χ4n) is 2.20. The molecule has 1 fully saturated rings. The van der Waals surface area contributed by atoms with Crippen LogP contribution in [0, 0.1) is 10.1 Å². The normalized spacial score (nSPS) is 16.1. The molecule has 0 radical (unpaired) electrons. The quantitative estimate of drug-likeness (QED) is 0.481. The van der Waals surface area contributed by atoms with Crippen molar-refractivity contribution < 1.29 is 9.72 Å². The highest BCUT2D eigenvalue weighted by molar-refractivity contribution is 6.18. The predicted octanol–water partition coefficient (Wildman–Crippen LogP) is 1.59. The van der Waals surface area contributed by atoms with Gasteiger partial charge in [0.25, 0.3) is 11.6 Å². The van der Waals surface area contributed by atoms with Crippen molar-refractivity contribution in [2.24, 2.45) is 0 Å². The number of amides is 1. The minimum atomic E-state index is -0.473. The van der Waals surface area contributed by atoms with Gasteiger partial charge in [0, 0.05) is 56.3 Å². The van der Waals surface area contributed by atoms with E-state index in [1.807, 2.05) is 0 Å². The van der Waals surface area contributed by atoms with Gasteiger partial charge in [0.2, 0.25) is 0 Å². The maximum atomic E-state index is 12.3. The summed E-state index contributed by atoms with van der Waals surface area (Å²) in [6, 6.07) is 5.73. The van der Waals surface area contributed by atoms with Crippen LogP contribution in [-0.4, -0.2) is 59.2 Å².